The Kier molecular flexibility index (Phi) is 11.3. The van der Waals surface area contributed by atoms with E-state index in [1.54, 1.807) is 23.1 Å². The number of benzene rings is 1. The monoisotopic (exact) mass is 538 g/mol. The molecular formula is C27H43ClN4O5. The van der Waals surface area contributed by atoms with Gasteiger partial charge in [0.1, 0.15) is 0 Å². The first-order valence-electron chi connectivity index (χ1n) is 13.6. The number of likely N-dealkylation sites (tertiary alicyclic amines) is 1. The van der Waals surface area contributed by atoms with Gasteiger partial charge in [-0.1, -0.05) is 55.8 Å². The first kappa shape index (κ1) is 29.5. The molecule has 37 heavy (non-hydrogen) atoms. The van der Waals surface area contributed by atoms with Crippen molar-refractivity contribution in [2.24, 2.45) is 17.6 Å². The van der Waals surface area contributed by atoms with Crippen molar-refractivity contribution in [3.8, 4) is 0 Å². The van der Waals surface area contributed by atoms with Gasteiger partial charge in [0.2, 0.25) is 0 Å². The highest BCUT2D eigenvalue weighted by molar-refractivity contribution is 6.30. The highest BCUT2D eigenvalue weighted by Gasteiger charge is 2.41. The predicted molar refractivity (Wildman–Crippen MR) is 143 cm³/mol. The van der Waals surface area contributed by atoms with E-state index < -0.39 is 23.8 Å². The van der Waals surface area contributed by atoms with E-state index in [2.05, 4.69) is 10.6 Å². The maximum absolute atomic E-state index is 13.4. The molecule has 0 spiro atoms. The molecule has 2 aliphatic rings. The summed E-state index contributed by atoms with van der Waals surface area (Å²) in [5.74, 6) is 0.216. The van der Waals surface area contributed by atoms with Crippen molar-refractivity contribution in [1.29, 1.82) is 0 Å². The summed E-state index contributed by atoms with van der Waals surface area (Å²) >= 11 is 6.24. The number of carbonyl (C=O) groups is 2. The van der Waals surface area contributed by atoms with Crippen molar-refractivity contribution in [2.75, 3.05) is 26.2 Å². The summed E-state index contributed by atoms with van der Waals surface area (Å²) in [7, 11) is 0. The van der Waals surface area contributed by atoms with Crippen LogP contribution in [0.1, 0.15) is 69.8 Å². The highest BCUT2D eigenvalue weighted by Crippen LogP contribution is 2.40. The summed E-state index contributed by atoms with van der Waals surface area (Å²) in [6.07, 6.45) is 6.83. The Morgan fingerprint density at radius 2 is 1.95 bits per heavy atom. The second-order valence-electron chi connectivity index (χ2n) is 10.7. The smallest absolute Gasteiger partial charge is 0.404 e. The average molecular weight is 539 g/mol. The molecule has 10 heteroatoms. The van der Waals surface area contributed by atoms with Gasteiger partial charge >= 0.3 is 12.1 Å². The molecule has 0 aromatic heterocycles. The van der Waals surface area contributed by atoms with Crippen LogP contribution in [0.3, 0.4) is 0 Å². The number of carbonyl (C=O) groups excluding carboxylic acids is 1. The largest absolute Gasteiger partial charge is 0.465 e. The third-order valence-electron chi connectivity index (χ3n) is 8.05. The lowest BCUT2D eigenvalue weighted by Crippen LogP contribution is -2.55. The Labute approximate surface area is 224 Å². The van der Waals surface area contributed by atoms with Crippen LogP contribution in [0, 0.1) is 11.8 Å². The Hall–Kier alpha value is -2.07. The first-order valence-corrected chi connectivity index (χ1v) is 14.0. The Morgan fingerprint density at radius 3 is 2.62 bits per heavy atom. The van der Waals surface area contributed by atoms with Gasteiger partial charge in [-0.05, 0) is 55.7 Å². The summed E-state index contributed by atoms with van der Waals surface area (Å²) in [6.45, 7) is 1.20. The van der Waals surface area contributed by atoms with E-state index in [1.165, 1.54) is 19.3 Å². The lowest BCUT2D eigenvalue weighted by atomic mass is 9.74. The number of carboxylic acid groups (broad SMARTS) is 1. The number of hydrogen-bond donors (Lipinski definition) is 6. The van der Waals surface area contributed by atoms with Crippen molar-refractivity contribution in [1.82, 2.24) is 15.5 Å². The maximum atomic E-state index is 13.4. The molecule has 3 rings (SSSR count). The molecule has 1 aromatic carbocycles. The zero-order chi connectivity index (χ0) is 26.8. The number of aliphatic hydroxyl groups is 2. The quantitative estimate of drug-likeness (QED) is 0.237. The zero-order valence-electron chi connectivity index (χ0n) is 21.6. The number of aliphatic hydroxyl groups excluding tert-OH is 1. The lowest BCUT2D eigenvalue weighted by Gasteiger charge is -2.43. The van der Waals surface area contributed by atoms with Crippen LogP contribution >= 0.6 is 11.6 Å². The van der Waals surface area contributed by atoms with Gasteiger partial charge in [0.25, 0.3) is 0 Å². The van der Waals surface area contributed by atoms with Crippen LogP contribution in [0.2, 0.25) is 5.02 Å². The molecule has 1 saturated heterocycles. The van der Waals surface area contributed by atoms with Crippen LogP contribution in [0.4, 0.5) is 9.59 Å². The fourth-order valence-electron chi connectivity index (χ4n) is 5.95. The van der Waals surface area contributed by atoms with Gasteiger partial charge in [-0.3, -0.25) is 0 Å². The molecule has 208 valence electrons. The standard InChI is InChI=1S/C27H43ClN4O5/c28-22-11-4-9-20(16-22)27(37,12-6-13-30-26(35)36)21-10-5-14-32(18-21)25(34)31-23(24(33)17-29)15-19-7-2-1-3-8-19/h4,9,11,16,19,21,23-24,30,33,37H,1-3,5-8,10,12-15,17-18,29H2,(H,31,34)(H,35,36)/t21-,23+,24+,27-/m1/s1. The van der Waals surface area contributed by atoms with Crippen LogP contribution in [0.15, 0.2) is 24.3 Å². The van der Waals surface area contributed by atoms with Crippen LogP contribution in [-0.4, -0.2) is 70.7 Å². The number of nitrogens with one attached hydrogen (secondary N) is 2. The third-order valence-corrected chi connectivity index (χ3v) is 8.28. The summed E-state index contributed by atoms with van der Waals surface area (Å²) in [4.78, 5) is 25.9. The SMILES string of the molecule is NC[C@H](O)[C@H](CC1CCCCC1)NC(=O)N1CCC[C@@H]([C@@](O)(CCCNC(=O)O)c2cccc(Cl)c2)C1. The highest BCUT2D eigenvalue weighted by atomic mass is 35.5. The van der Waals surface area contributed by atoms with E-state index in [0.29, 0.717) is 48.9 Å². The van der Waals surface area contributed by atoms with Gasteiger partial charge in [-0.2, -0.15) is 0 Å². The Morgan fingerprint density at radius 1 is 1.19 bits per heavy atom. The number of halogens is 1. The molecule has 1 aliphatic carbocycles. The van der Waals surface area contributed by atoms with Crippen molar-refractivity contribution in [3.63, 3.8) is 0 Å². The number of hydrogen-bond acceptors (Lipinski definition) is 5. The molecule has 4 atom stereocenters. The fraction of sp³-hybridized carbons (Fsp3) is 0.704. The second-order valence-corrected chi connectivity index (χ2v) is 11.1. The Balaban J connectivity index is 1.71. The first-order chi connectivity index (χ1) is 17.7. The minimum absolute atomic E-state index is 0.0825. The van der Waals surface area contributed by atoms with E-state index >= 15 is 0 Å². The molecule has 1 heterocycles. The number of nitrogens with two attached hydrogens (primary N) is 1. The molecular weight excluding hydrogens is 496 g/mol. The minimum Gasteiger partial charge on any atom is -0.465 e. The molecule has 2 fully saturated rings. The summed E-state index contributed by atoms with van der Waals surface area (Å²) in [6, 6.07) is 6.44. The van der Waals surface area contributed by atoms with E-state index in [-0.39, 0.29) is 25.0 Å². The van der Waals surface area contributed by atoms with Gasteiger partial charge in [-0.25, -0.2) is 9.59 Å². The molecule has 3 amide bonds. The molecule has 0 radical (unpaired) electrons. The molecule has 7 N–H and O–H groups in total. The summed E-state index contributed by atoms with van der Waals surface area (Å²) in [5, 5.41) is 37.3. The van der Waals surface area contributed by atoms with E-state index in [1.807, 2.05) is 6.07 Å². The van der Waals surface area contributed by atoms with Gasteiger partial charge in [0.05, 0.1) is 17.7 Å². The second kappa shape index (κ2) is 14.2. The number of amides is 3. The third kappa shape index (κ3) is 8.46. The van der Waals surface area contributed by atoms with E-state index in [0.717, 1.165) is 25.7 Å². The van der Waals surface area contributed by atoms with Crippen LogP contribution in [0.5, 0.6) is 0 Å². The molecule has 1 aliphatic heterocycles. The number of piperidine rings is 1. The number of rotatable bonds is 11. The average Bonchev–Trinajstić information content (AvgIpc) is 2.90. The van der Waals surface area contributed by atoms with Crippen molar-refractivity contribution < 1.29 is 24.9 Å². The molecule has 1 saturated carbocycles. The number of nitrogens with zero attached hydrogens (tertiary/aromatic N) is 1. The maximum Gasteiger partial charge on any atom is 0.404 e. The molecule has 1 aromatic rings. The van der Waals surface area contributed by atoms with Crippen molar-refractivity contribution in [2.45, 2.75) is 82.0 Å². The minimum atomic E-state index is -1.28. The van der Waals surface area contributed by atoms with E-state index in [4.69, 9.17) is 22.4 Å². The van der Waals surface area contributed by atoms with E-state index in [9.17, 15) is 19.8 Å². The molecule has 0 unspecified atom stereocenters. The van der Waals surface area contributed by atoms with Gasteiger partial charge in [0.15, 0.2) is 0 Å². The number of urea groups is 1. The van der Waals surface area contributed by atoms with Crippen LogP contribution in [-0.2, 0) is 5.60 Å². The van der Waals surface area contributed by atoms with Crippen LogP contribution < -0.4 is 16.4 Å². The predicted octanol–water partition coefficient (Wildman–Crippen LogP) is 3.66. The topological polar surface area (TPSA) is 148 Å². The van der Waals surface area contributed by atoms with Gasteiger partial charge in [-0.15, -0.1) is 0 Å². The summed E-state index contributed by atoms with van der Waals surface area (Å²) in [5.41, 5.74) is 5.15. The van der Waals surface area contributed by atoms with Crippen molar-refractivity contribution >= 4 is 23.7 Å². The summed E-state index contributed by atoms with van der Waals surface area (Å²) < 4.78 is 0. The Bertz CT molecular complexity index is 884. The van der Waals surface area contributed by atoms with Gasteiger partial charge in [0, 0.05) is 37.1 Å². The van der Waals surface area contributed by atoms with Crippen LogP contribution in [0.25, 0.3) is 0 Å². The molecule has 0 bridgehead atoms. The normalized spacial score (nSPS) is 22.1. The van der Waals surface area contributed by atoms with Gasteiger partial charge < -0.3 is 36.6 Å². The van der Waals surface area contributed by atoms with Crippen molar-refractivity contribution in [3.05, 3.63) is 34.9 Å². The fourth-order valence-corrected chi connectivity index (χ4v) is 6.15. The molecule has 9 nitrogen and oxygen atoms in total. The zero-order valence-corrected chi connectivity index (χ0v) is 22.3. The lowest BCUT2D eigenvalue weighted by molar-refractivity contribution is -0.0554.